The van der Waals surface area contributed by atoms with E-state index in [9.17, 15) is 62.3 Å². The van der Waals surface area contributed by atoms with Crippen LogP contribution in [0.5, 0.6) is 0 Å². The minimum Gasteiger partial charge on any atom is -0.477 e. The standard InChI is InChI=1S/2C4H2F6O2.Rh/c2*5-1(6)3(7,8)4(9,10)2(11)12;/h2*1H,(H,11,12);. The number of halogens is 12. The minimum atomic E-state index is -5.85. The molecule has 0 aromatic rings. The Labute approximate surface area is 141 Å². The molecular weight excluding hydrogens is 491 g/mol. The molecule has 0 fully saturated rings. The monoisotopic (exact) mass is 495 g/mol. The maximum absolute atomic E-state index is 11.7. The van der Waals surface area contributed by atoms with Crippen molar-refractivity contribution in [3.05, 3.63) is 0 Å². The molecule has 4 nitrogen and oxygen atoms in total. The molecule has 0 unspecified atom stereocenters. The zero-order valence-electron chi connectivity index (χ0n) is 10.7. The van der Waals surface area contributed by atoms with Crippen LogP contribution >= 0.6 is 0 Å². The van der Waals surface area contributed by atoms with Gasteiger partial charge in [-0.05, 0) is 0 Å². The number of carboxylic acid groups (broad SMARTS) is 2. The van der Waals surface area contributed by atoms with Crippen LogP contribution in [0.4, 0.5) is 52.7 Å². The third kappa shape index (κ3) is 5.88. The van der Waals surface area contributed by atoms with Gasteiger partial charge in [-0.1, -0.05) is 0 Å². The van der Waals surface area contributed by atoms with Crippen molar-refractivity contribution in [1.82, 2.24) is 0 Å². The van der Waals surface area contributed by atoms with E-state index in [4.69, 9.17) is 10.2 Å². The number of rotatable bonds is 6. The smallest absolute Gasteiger partial charge is 0.410 e. The molecule has 0 atom stereocenters. The molecule has 0 bridgehead atoms. The zero-order valence-corrected chi connectivity index (χ0v) is 12.4. The van der Waals surface area contributed by atoms with E-state index in [0.717, 1.165) is 0 Å². The van der Waals surface area contributed by atoms with Gasteiger partial charge in [0.2, 0.25) is 0 Å². The molecule has 0 aromatic heterocycles. The molecule has 0 saturated carbocycles. The van der Waals surface area contributed by atoms with Gasteiger partial charge < -0.3 is 10.2 Å². The van der Waals surface area contributed by atoms with Crippen LogP contribution in [0.3, 0.4) is 0 Å². The largest absolute Gasteiger partial charge is 0.477 e. The van der Waals surface area contributed by atoms with Gasteiger partial charge in [0.15, 0.2) is 0 Å². The van der Waals surface area contributed by atoms with Crippen molar-refractivity contribution in [3.63, 3.8) is 0 Å². The molecule has 0 aliphatic rings. The first kappa shape index (κ1) is 28.5. The summed E-state index contributed by atoms with van der Waals surface area (Å²) in [6.07, 6.45) is -9.44. The van der Waals surface area contributed by atoms with Crippen LogP contribution in [-0.2, 0) is 29.1 Å². The van der Waals surface area contributed by atoms with Gasteiger partial charge in [0.1, 0.15) is 0 Å². The Bertz CT molecular complexity index is 424. The number of carbonyl (C=O) groups is 2. The molecule has 0 aliphatic heterocycles. The first-order chi connectivity index (χ1) is 10.3. The Hall–Kier alpha value is -1.28. The predicted molar refractivity (Wildman–Crippen MR) is 47.1 cm³/mol. The molecule has 25 heavy (non-hydrogen) atoms. The van der Waals surface area contributed by atoms with Crippen LogP contribution in [0.15, 0.2) is 0 Å². The van der Waals surface area contributed by atoms with Crippen molar-refractivity contribution >= 4 is 11.9 Å². The second-order valence-electron chi connectivity index (χ2n) is 3.61. The van der Waals surface area contributed by atoms with E-state index in [1.54, 1.807) is 0 Å². The van der Waals surface area contributed by atoms with E-state index >= 15 is 0 Å². The third-order valence-electron chi connectivity index (χ3n) is 1.92. The summed E-state index contributed by atoms with van der Waals surface area (Å²) in [4.78, 5) is 18.8. The van der Waals surface area contributed by atoms with Crippen LogP contribution in [0.2, 0.25) is 0 Å². The minimum absolute atomic E-state index is 0. The van der Waals surface area contributed by atoms with Crippen LogP contribution in [-0.4, -0.2) is 58.7 Å². The molecule has 153 valence electrons. The molecule has 0 aromatic carbocycles. The van der Waals surface area contributed by atoms with E-state index in [0.29, 0.717) is 0 Å². The maximum atomic E-state index is 11.7. The number of aliphatic carboxylic acids is 2. The van der Waals surface area contributed by atoms with E-state index < -0.39 is 48.5 Å². The van der Waals surface area contributed by atoms with Crippen molar-refractivity contribution in [3.8, 4) is 0 Å². The summed E-state index contributed by atoms with van der Waals surface area (Å²) in [5, 5.41) is 14.9. The Morgan fingerprint density at radius 2 is 0.760 bits per heavy atom. The molecular formula is C8H4F12O4Rh. The average Bonchev–Trinajstić information content (AvgIpc) is 2.37. The molecule has 0 saturated heterocycles. The van der Waals surface area contributed by atoms with Gasteiger partial charge in [-0.3, -0.25) is 0 Å². The van der Waals surface area contributed by atoms with Gasteiger partial charge in [-0.25, -0.2) is 27.2 Å². The molecule has 2 N–H and O–H groups in total. The van der Waals surface area contributed by atoms with Crippen molar-refractivity contribution in [2.75, 3.05) is 0 Å². The summed E-state index contributed by atoms with van der Waals surface area (Å²) in [6.45, 7) is 0. The average molecular weight is 495 g/mol. The summed E-state index contributed by atoms with van der Waals surface area (Å²) in [7, 11) is 0. The van der Waals surface area contributed by atoms with Gasteiger partial charge in [-0.15, -0.1) is 0 Å². The fraction of sp³-hybridized carbons (Fsp3) is 0.750. The van der Waals surface area contributed by atoms with Crippen molar-refractivity contribution in [2.24, 2.45) is 0 Å². The topological polar surface area (TPSA) is 74.6 Å². The first-order valence-corrected chi connectivity index (χ1v) is 4.82. The Kier molecular flexibility index (Phi) is 10.1. The maximum Gasteiger partial charge on any atom is 0.410 e. The van der Waals surface area contributed by atoms with Crippen molar-refractivity contribution < 1.29 is 92.0 Å². The molecule has 17 heteroatoms. The summed E-state index contributed by atoms with van der Waals surface area (Å²) < 4.78 is 138. The predicted octanol–water partition coefficient (Wildman–Crippen LogP) is 3.21. The summed E-state index contributed by atoms with van der Waals surface area (Å²) in [6, 6.07) is 0. The number of hydrogen-bond donors (Lipinski definition) is 2. The van der Waals surface area contributed by atoms with Gasteiger partial charge >= 0.3 is 48.5 Å². The van der Waals surface area contributed by atoms with E-state index in [1.165, 1.54) is 0 Å². The van der Waals surface area contributed by atoms with Gasteiger partial charge in [-0.2, -0.15) is 35.1 Å². The van der Waals surface area contributed by atoms with E-state index in [2.05, 4.69) is 0 Å². The second kappa shape index (κ2) is 8.89. The summed E-state index contributed by atoms with van der Waals surface area (Å²) in [5.74, 6) is -29.8. The molecule has 0 rings (SSSR count). The van der Waals surface area contributed by atoms with Crippen LogP contribution < -0.4 is 0 Å². The van der Waals surface area contributed by atoms with Gasteiger partial charge in [0.25, 0.3) is 0 Å². The normalized spacial score (nSPS) is 13.0. The van der Waals surface area contributed by atoms with Gasteiger partial charge in [0.05, 0.1) is 0 Å². The Morgan fingerprint density at radius 3 is 0.800 bits per heavy atom. The third-order valence-corrected chi connectivity index (χ3v) is 1.92. The van der Waals surface area contributed by atoms with Crippen molar-refractivity contribution in [2.45, 2.75) is 36.5 Å². The van der Waals surface area contributed by atoms with Crippen LogP contribution in [0.25, 0.3) is 0 Å². The molecule has 0 heterocycles. The van der Waals surface area contributed by atoms with Crippen LogP contribution in [0, 0.1) is 0 Å². The quantitative estimate of drug-likeness (QED) is 0.439. The summed E-state index contributed by atoms with van der Waals surface area (Å²) in [5.41, 5.74) is 0. The van der Waals surface area contributed by atoms with Crippen LogP contribution in [0.1, 0.15) is 0 Å². The second-order valence-corrected chi connectivity index (χ2v) is 3.61. The van der Waals surface area contributed by atoms with E-state index in [1.807, 2.05) is 0 Å². The Balaban J connectivity index is -0.000000372. The SMILES string of the molecule is O=C(O)C(F)(F)C(F)(F)C(F)F.O=C(O)C(F)(F)C(F)(F)C(F)F.[Rh]. The summed E-state index contributed by atoms with van der Waals surface area (Å²) >= 11 is 0. The molecule has 0 amide bonds. The van der Waals surface area contributed by atoms with Gasteiger partial charge in [0, 0.05) is 19.5 Å². The number of carboxylic acids is 2. The molecule has 1 radical (unpaired) electrons. The Morgan fingerprint density at radius 1 is 0.600 bits per heavy atom. The molecule has 0 aliphatic carbocycles. The number of hydrogen-bond acceptors (Lipinski definition) is 2. The van der Waals surface area contributed by atoms with E-state index in [-0.39, 0.29) is 19.5 Å². The van der Waals surface area contributed by atoms with Crippen molar-refractivity contribution in [1.29, 1.82) is 0 Å². The fourth-order valence-corrected chi connectivity index (χ4v) is 0.559. The molecule has 0 spiro atoms. The zero-order chi connectivity index (χ0) is 20.3. The first-order valence-electron chi connectivity index (χ1n) is 4.82. The number of alkyl halides is 12. The fourth-order valence-electron chi connectivity index (χ4n) is 0.559.